The number of hydrogen-bond donors (Lipinski definition) is 2. The summed E-state index contributed by atoms with van der Waals surface area (Å²) in [7, 11) is 0. The molecule has 3 N–H and O–H groups in total. The van der Waals surface area contributed by atoms with Gasteiger partial charge in [-0.25, -0.2) is 0 Å². The lowest BCUT2D eigenvalue weighted by atomic mass is 10.2. The Morgan fingerprint density at radius 2 is 1.83 bits per heavy atom. The zero-order valence-electron chi connectivity index (χ0n) is 11.3. The van der Waals surface area contributed by atoms with Crippen LogP contribution in [0.15, 0.2) is 12.3 Å². The van der Waals surface area contributed by atoms with Gasteiger partial charge in [-0.3, -0.25) is 9.20 Å². The first-order chi connectivity index (χ1) is 10.4. The molecule has 126 valence electrons. The van der Waals surface area contributed by atoms with Crippen LogP contribution in [0, 0.1) is 0 Å². The molecule has 0 aliphatic rings. The number of amides is 1. The average molecular weight is 341 g/mol. The van der Waals surface area contributed by atoms with Crippen LogP contribution in [0.4, 0.5) is 32.3 Å². The van der Waals surface area contributed by atoms with Crippen LogP contribution in [0.5, 0.6) is 0 Å². The molecular formula is C11H9F6N5O. The van der Waals surface area contributed by atoms with Gasteiger partial charge in [0.15, 0.2) is 5.65 Å². The van der Waals surface area contributed by atoms with Gasteiger partial charge in [0.25, 0.3) is 0 Å². The predicted molar refractivity (Wildman–Crippen MR) is 65.3 cm³/mol. The summed E-state index contributed by atoms with van der Waals surface area (Å²) >= 11 is 0. The predicted octanol–water partition coefficient (Wildman–Crippen LogP) is 2.05. The van der Waals surface area contributed by atoms with Crippen LogP contribution < -0.4 is 11.1 Å². The van der Waals surface area contributed by atoms with Crippen molar-refractivity contribution < 1.29 is 31.1 Å². The Morgan fingerprint density at radius 1 is 1.22 bits per heavy atom. The Bertz CT molecular complexity index is 750. The summed E-state index contributed by atoms with van der Waals surface area (Å²) in [6.07, 6.45) is -9.67. The van der Waals surface area contributed by atoms with Gasteiger partial charge < -0.3 is 11.1 Å². The zero-order chi connectivity index (χ0) is 17.6. The molecule has 0 bridgehead atoms. The second kappa shape index (κ2) is 5.28. The Balaban J connectivity index is 2.68. The lowest BCUT2D eigenvalue weighted by molar-refractivity contribution is -0.142. The van der Waals surface area contributed by atoms with Crippen molar-refractivity contribution >= 4 is 17.5 Å². The van der Waals surface area contributed by atoms with E-state index in [0.717, 1.165) is 0 Å². The minimum atomic E-state index is -5.07. The van der Waals surface area contributed by atoms with Crippen molar-refractivity contribution in [2.75, 3.05) is 5.32 Å². The molecule has 1 atom stereocenters. The maximum Gasteiger partial charge on any atom is 0.420 e. The number of nitrogens with one attached hydrogen (secondary N) is 1. The highest BCUT2D eigenvalue weighted by atomic mass is 19.4. The van der Waals surface area contributed by atoms with Gasteiger partial charge in [0.1, 0.15) is 11.6 Å². The minimum Gasteiger partial charge on any atom is -0.368 e. The number of carbonyl (C=O) groups is 1. The van der Waals surface area contributed by atoms with E-state index in [4.69, 9.17) is 5.73 Å². The van der Waals surface area contributed by atoms with Crippen molar-refractivity contribution in [2.24, 2.45) is 5.73 Å². The highest BCUT2D eigenvalue weighted by Crippen LogP contribution is 2.37. The highest BCUT2D eigenvalue weighted by Gasteiger charge is 2.39. The van der Waals surface area contributed by atoms with E-state index in [9.17, 15) is 31.1 Å². The average Bonchev–Trinajstić information content (AvgIpc) is 2.78. The van der Waals surface area contributed by atoms with Crippen molar-refractivity contribution in [3.8, 4) is 0 Å². The number of pyridine rings is 1. The lowest BCUT2D eigenvalue weighted by Gasteiger charge is -2.14. The van der Waals surface area contributed by atoms with Gasteiger partial charge in [0, 0.05) is 6.20 Å². The number of alkyl halides is 6. The van der Waals surface area contributed by atoms with Crippen molar-refractivity contribution in [1.29, 1.82) is 0 Å². The maximum absolute atomic E-state index is 12.9. The van der Waals surface area contributed by atoms with E-state index >= 15 is 0 Å². The summed E-state index contributed by atoms with van der Waals surface area (Å²) in [5.74, 6) is -1.34. The number of carbonyl (C=O) groups excluding carboxylic acids is 1. The minimum absolute atomic E-state index is 0.0503. The number of hydrogen-bond acceptors (Lipinski definition) is 4. The molecule has 0 fully saturated rings. The smallest absolute Gasteiger partial charge is 0.368 e. The molecule has 0 aliphatic heterocycles. The van der Waals surface area contributed by atoms with Crippen LogP contribution in [0.25, 0.3) is 5.65 Å². The van der Waals surface area contributed by atoms with Crippen molar-refractivity contribution in [3.63, 3.8) is 0 Å². The van der Waals surface area contributed by atoms with E-state index in [1.807, 2.05) is 0 Å². The number of primary amides is 1. The van der Waals surface area contributed by atoms with Crippen LogP contribution in [0.3, 0.4) is 0 Å². The SMILES string of the molecule is C[C@H](Nc1nnc2c(C(F)(F)F)cc(C(F)(F)F)cn12)C(N)=O. The molecule has 0 spiro atoms. The molecule has 1 amide bonds. The van der Waals surface area contributed by atoms with Gasteiger partial charge in [-0.15, -0.1) is 10.2 Å². The van der Waals surface area contributed by atoms with E-state index < -0.39 is 47.0 Å². The van der Waals surface area contributed by atoms with Crippen molar-refractivity contribution in [2.45, 2.75) is 25.3 Å². The van der Waals surface area contributed by atoms with E-state index in [0.29, 0.717) is 10.6 Å². The van der Waals surface area contributed by atoms with Crippen LogP contribution in [-0.4, -0.2) is 26.5 Å². The summed E-state index contributed by atoms with van der Waals surface area (Å²) < 4.78 is 77.7. The summed E-state index contributed by atoms with van der Waals surface area (Å²) in [5.41, 5.74) is 1.01. The molecule has 6 nitrogen and oxygen atoms in total. The molecule has 2 aromatic rings. The standard InChI is InChI=1S/C11H9F6N5O/c1-4(7(18)23)19-9-21-20-8-6(11(15,16)17)2-5(3-22(8)9)10(12,13)14/h2-4H,1H3,(H2,18,23)(H,19,21)/t4-/m0/s1. The molecule has 23 heavy (non-hydrogen) atoms. The molecular weight excluding hydrogens is 332 g/mol. The van der Waals surface area contributed by atoms with Gasteiger partial charge in [0.2, 0.25) is 11.9 Å². The zero-order valence-corrected chi connectivity index (χ0v) is 11.3. The number of fused-ring (bicyclic) bond motifs is 1. The summed E-state index contributed by atoms with van der Waals surface area (Å²) in [4.78, 5) is 11.0. The van der Waals surface area contributed by atoms with Gasteiger partial charge in [-0.05, 0) is 13.0 Å². The molecule has 0 aliphatic carbocycles. The van der Waals surface area contributed by atoms with E-state index in [1.54, 1.807) is 0 Å². The fourth-order valence-electron chi connectivity index (χ4n) is 1.72. The molecule has 12 heteroatoms. The van der Waals surface area contributed by atoms with Crippen LogP contribution in [0.1, 0.15) is 18.1 Å². The van der Waals surface area contributed by atoms with Crippen LogP contribution in [-0.2, 0) is 17.1 Å². The first-order valence-electron chi connectivity index (χ1n) is 6.00. The van der Waals surface area contributed by atoms with E-state index in [1.165, 1.54) is 6.92 Å². The Kier molecular flexibility index (Phi) is 3.86. The number of aromatic nitrogens is 3. The van der Waals surface area contributed by atoms with Gasteiger partial charge in [0.05, 0.1) is 5.56 Å². The summed E-state index contributed by atoms with van der Waals surface area (Å²) in [6, 6.07) is -1.13. The third-order valence-electron chi connectivity index (χ3n) is 2.91. The molecule has 0 radical (unpaired) electrons. The number of rotatable bonds is 3. The largest absolute Gasteiger partial charge is 0.420 e. The normalized spacial score (nSPS) is 14.0. The molecule has 2 heterocycles. The molecule has 0 saturated heterocycles. The molecule has 0 saturated carbocycles. The summed E-state index contributed by atoms with van der Waals surface area (Å²) in [5, 5.41) is 8.88. The molecule has 0 unspecified atom stereocenters. The van der Waals surface area contributed by atoms with E-state index in [2.05, 4.69) is 15.5 Å². The Hall–Kier alpha value is -2.53. The Morgan fingerprint density at radius 3 is 2.30 bits per heavy atom. The van der Waals surface area contributed by atoms with E-state index in [-0.39, 0.29) is 6.07 Å². The molecule has 2 aromatic heterocycles. The van der Waals surface area contributed by atoms with Gasteiger partial charge in [-0.2, -0.15) is 26.3 Å². The number of halogens is 6. The second-order valence-electron chi connectivity index (χ2n) is 4.62. The highest BCUT2D eigenvalue weighted by molar-refractivity contribution is 5.82. The van der Waals surface area contributed by atoms with Crippen molar-refractivity contribution in [1.82, 2.24) is 14.6 Å². The monoisotopic (exact) mass is 341 g/mol. The molecule has 2 rings (SSSR count). The number of anilines is 1. The maximum atomic E-state index is 12.9. The third-order valence-corrected chi connectivity index (χ3v) is 2.91. The topological polar surface area (TPSA) is 85.3 Å². The fraction of sp³-hybridized carbons (Fsp3) is 0.364. The van der Waals surface area contributed by atoms with Crippen molar-refractivity contribution in [3.05, 3.63) is 23.4 Å². The first-order valence-corrected chi connectivity index (χ1v) is 6.00. The number of nitrogens with zero attached hydrogens (tertiary/aromatic N) is 3. The van der Waals surface area contributed by atoms with Crippen LogP contribution >= 0.6 is 0 Å². The lowest BCUT2D eigenvalue weighted by Crippen LogP contribution is -2.33. The van der Waals surface area contributed by atoms with Gasteiger partial charge in [-0.1, -0.05) is 0 Å². The van der Waals surface area contributed by atoms with Gasteiger partial charge >= 0.3 is 12.4 Å². The second-order valence-corrected chi connectivity index (χ2v) is 4.62. The Labute approximate surface area is 124 Å². The number of nitrogens with two attached hydrogens (primary N) is 1. The third kappa shape index (κ3) is 3.29. The summed E-state index contributed by atoms with van der Waals surface area (Å²) in [6.45, 7) is 1.27. The van der Waals surface area contributed by atoms with Crippen LogP contribution in [0.2, 0.25) is 0 Å². The fourth-order valence-corrected chi connectivity index (χ4v) is 1.72. The first kappa shape index (κ1) is 16.8. The quantitative estimate of drug-likeness (QED) is 0.837. The molecule has 0 aromatic carbocycles.